The van der Waals surface area contributed by atoms with Crippen molar-refractivity contribution in [3.63, 3.8) is 0 Å². The minimum atomic E-state index is -0.997. The highest BCUT2D eigenvalue weighted by Gasteiger charge is 2.35. The van der Waals surface area contributed by atoms with Crippen LogP contribution in [0.4, 0.5) is 11.4 Å². The summed E-state index contributed by atoms with van der Waals surface area (Å²) in [6.07, 6.45) is 0. The first-order chi connectivity index (χ1) is 13.3. The number of ether oxygens (including phenoxy) is 1. The molecule has 0 saturated carbocycles. The van der Waals surface area contributed by atoms with E-state index in [1.807, 2.05) is 0 Å². The molecule has 0 spiro atoms. The number of piperazine rings is 1. The molecule has 1 aliphatic heterocycles. The Balaban J connectivity index is 1.59. The number of nitro benzene ring substituents is 1. The monoisotopic (exact) mass is 403 g/mol. The Kier molecular flexibility index (Phi) is 5.74. The molecule has 2 aromatic carbocycles. The van der Waals surface area contributed by atoms with Crippen LogP contribution in [0.3, 0.4) is 0 Å². The summed E-state index contributed by atoms with van der Waals surface area (Å²) in [6.45, 7) is 5.94. The van der Waals surface area contributed by atoms with Gasteiger partial charge in [0.15, 0.2) is 5.60 Å². The number of non-ortho nitro benzene ring substituents is 1. The first-order valence-electron chi connectivity index (χ1n) is 8.99. The predicted octanol–water partition coefficient (Wildman–Crippen LogP) is 3.75. The van der Waals surface area contributed by atoms with Crippen LogP contribution in [-0.4, -0.2) is 47.5 Å². The molecule has 0 aromatic heterocycles. The summed E-state index contributed by atoms with van der Waals surface area (Å²) in [7, 11) is 0. The van der Waals surface area contributed by atoms with Crippen LogP contribution in [0.15, 0.2) is 48.5 Å². The smallest absolute Gasteiger partial charge is 0.269 e. The molecule has 1 heterocycles. The molecule has 0 atom stereocenters. The second kappa shape index (κ2) is 8.06. The fourth-order valence-electron chi connectivity index (χ4n) is 3.17. The van der Waals surface area contributed by atoms with Crippen molar-refractivity contribution < 1.29 is 14.5 Å². The average Bonchev–Trinajstić information content (AvgIpc) is 2.69. The molecule has 8 heteroatoms. The Morgan fingerprint density at radius 1 is 1.04 bits per heavy atom. The summed E-state index contributed by atoms with van der Waals surface area (Å²) in [6, 6.07) is 13.4. The van der Waals surface area contributed by atoms with Crippen molar-refractivity contribution in [2.24, 2.45) is 0 Å². The van der Waals surface area contributed by atoms with E-state index in [-0.39, 0.29) is 11.6 Å². The van der Waals surface area contributed by atoms with Crippen molar-refractivity contribution in [1.82, 2.24) is 4.90 Å². The summed E-state index contributed by atoms with van der Waals surface area (Å²) < 4.78 is 5.89. The van der Waals surface area contributed by atoms with Crippen molar-refractivity contribution in [3.8, 4) is 5.75 Å². The number of hydrogen-bond acceptors (Lipinski definition) is 5. The average molecular weight is 404 g/mol. The van der Waals surface area contributed by atoms with Gasteiger partial charge in [-0.25, -0.2) is 0 Å². The molecule has 3 rings (SSSR count). The van der Waals surface area contributed by atoms with Gasteiger partial charge in [0.1, 0.15) is 5.75 Å². The lowest BCUT2D eigenvalue weighted by Crippen LogP contribution is -2.55. The summed E-state index contributed by atoms with van der Waals surface area (Å²) in [5.74, 6) is 0.512. The molecular weight excluding hydrogens is 382 g/mol. The Bertz CT molecular complexity index is 845. The maximum atomic E-state index is 12.9. The van der Waals surface area contributed by atoms with Gasteiger partial charge in [0.25, 0.3) is 11.6 Å². The van der Waals surface area contributed by atoms with E-state index in [9.17, 15) is 14.9 Å². The molecule has 1 amide bonds. The minimum Gasteiger partial charge on any atom is -0.478 e. The number of anilines is 1. The number of carbonyl (C=O) groups is 1. The molecular formula is C20H22ClN3O4. The van der Waals surface area contributed by atoms with Crippen LogP contribution in [-0.2, 0) is 4.79 Å². The molecule has 0 bridgehead atoms. The molecule has 1 saturated heterocycles. The van der Waals surface area contributed by atoms with Crippen molar-refractivity contribution >= 4 is 28.9 Å². The van der Waals surface area contributed by atoms with Crippen LogP contribution < -0.4 is 9.64 Å². The molecule has 0 N–H and O–H groups in total. The van der Waals surface area contributed by atoms with E-state index in [1.54, 1.807) is 55.1 Å². The number of hydrogen-bond donors (Lipinski definition) is 0. The lowest BCUT2D eigenvalue weighted by Gasteiger charge is -2.39. The van der Waals surface area contributed by atoms with Gasteiger partial charge < -0.3 is 14.5 Å². The highest BCUT2D eigenvalue weighted by Crippen LogP contribution is 2.24. The van der Waals surface area contributed by atoms with Gasteiger partial charge >= 0.3 is 0 Å². The number of carbonyl (C=O) groups excluding carboxylic acids is 1. The van der Waals surface area contributed by atoms with Gasteiger partial charge in [-0.1, -0.05) is 11.6 Å². The van der Waals surface area contributed by atoms with Crippen LogP contribution in [0.25, 0.3) is 0 Å². The van der Waals surface area contributed by atoms with Crippen molar-refractivity contribution in [1.29, 1.82) is 0 Å². The van der Waals surface area contributed by atoms with Crippen LogP contribution in [0.5, 0.6) is 5.75 Å². The third-order valence-corrected chi connectivity index (χ3v) is 4.95. The summed E-state index contributed by atoms with van der Waals surface area (Å²) >= 11 is 5.89. The molecule has 0 radical (unpaired) electrons. The fraction of sp³-hybridized carbons (Fsp3) is 0.350. The van der Waals surface area contributed by atoms with Gasteiger partial charge in [0.05, 0.1) is 4.92 Å². The molecule has 2 aromatic rings. The number of rotatable bonds is 5. The van der Waals surface area contributed by atoms with Crippen molar-refractivity contribution in [3.05, 3.63) is 63.7 Å². The van der Waals surface area contributed by atoms with E-state index in [4.69, 9.17) is 16.3 Å². The molecule has 7 nitrogen and oxygen atoms in total. The molecule has 28 heavy (non-hydrogen) atoms. The number of halogens is 1. The normalized spacial score (nSPS) is 14.7. The molecule has 1 aliphatic rings. The summed E-state index contributed by atoms with van der Waals surface area (Å²) in [5, 5.41) is 11.4. The van der Waals surface area contributed by atoms with E-state index < -0.39 is 10.5 Å². The van der Waals surface area contributed by atoms with Gasteiger partial charge in [-0.2, -0.15) is 0 Å². The maximum Gasteiger partial charge on any atom is 0.269 e. The first-order valence-corrected chi connectivity index (χ1v) is 9.37. The minimum absolute atomic E-state index is 0.0682. The quantitative estimate of drug-likeness (QED) is 0.561. The van der Waals surface area contributed by atoms with E-state index in [0.717, 1.165) is 5.69 Å². The van der Waals surface area contributed by atoms with Crippen LogP contribution in [0.1, 0.15) is 13.8 Å². The number of nitrogens with zero attached hydrogens (tertiary/aromatic N) is 3. The first kappa shape index (κ1) is 19.9. The van der Waals surface area contributed by atoms with E-state index in [1.165, 1.54) is 12.1 Å². The van der Waals surface area contributed by atoms with Gasteiger partial charge in [-0.15, -0.1) is 0 Å². The van der Waals surface area contributed by atoms with Gasteiger partial charge in [0.2, 0.25) is 0 Å². The van der Waals surface area contributed by atoms with Crippen LogP contribution in [0.2, 0.25) is 5.02 Å². The Morgan fingerprint density at radius 2 is 1.61 bits per heavy atom. The third-order valence-electron chi connectivity index (χ3n) is 4.69. The standard InChI is InChI=1S/C20H22ClN3O4/c1-20(2,28-18-9-3-15(21)4-10-18)19(25)23-13-11-22(12-14-23)16-5-7-17(8-6-16)24(26)27/h3-10H,11-14H2,1-2H3. The number of nitro groups is 1. The zero-order valence-electron chi connectivity index (χ0n) is 15.8. The van der Waals surface area contributed by atoms with Gasteiger partial charge in [-0.3, -0.25) is 14.9 Å². The summed E-state index contributed by atoms with van der Waals surface area (Å²) in [4.78, 5) is 27.2. The van der Waals surface area contributed by atoms with Crippen LogP contribution >= 0.6 is 11.6 Å². The molecule has 1 fully saturated rings. The van der Waals surface area contributed by atoms with Crippen LogP contribution in [0, 0.1) is 10.1 Å². The Hall–Kier alpha value is -2.80. The van der Waals surface area contributed by atoms with E-state index in [2.05, 4.69) is 4.90 Å². The van der Waals surface area contributed by atoms with Gasteiger partial charge in [-0.05, 0) is 50.2 Å². The predicted molar refractivity (Wildman–Crippen MR) is 108 cm³/mol. The third kappa shape index (κ3) is 4.54. The van der Waals surface area contributed by atoms with Crippen molar-refractivity contribution in [2.75, 3.05) is 31.1 Å². The number of amides is 1. The SMILES string of the molecule is CC(C)(Oc1ccc(Cl)cc1)C(=O)N1CCN(c2ccc([N+](=O)[O-])cc2)CC1. The van der Waals surface area contributed by atoms with E-state index >= 15 is 0 Å². The zero-order valence-corrected chi connectivity index (χ0v) is 16.6. The summed E-state index contributed by atoms with van der Waals surface area (Å²) in [5.41, 5.74) is -0.0170. The highest BCUT2D eigenvalue weighted by molar-refractivity contribution is 6.30. The zero-order chi connectivity index (χ0) is 20.3. The Labute approximate surface area is 168 Å². The second-order valence-electron chi connectivity index (χ2n) is 7.12. The number of benzene rings is 2. The topological polar surface area (TPSA) is 75.9 Å². The fourth-order valence-corrected chi connectivity index (χ4v) is 3.30. The molecule has 148 valence electrons. The second-order valence-corrected chi connectivity index (χ2v) is 7.56. The maximum absolute atomic E-state index is 12.9. The largest absolute Gasteiger partial charge is 0.478 e. The lowest BCUT2D eigenvalue weighted by atomic mass is 10.1. The molecule has 0 aliphatic carbocycles. The van der Waals surface area contributed by atoms with Crippen molar-refractivity contribution in [2.45, 2.75) is 19.4 Å². The molecule has 0 unspecified atom stereocenters. The van der Waals surface area contributed by atoms with Gasteiger partial charge in [0, 0.05) is 49.0 Å². The van der Waals surface area contributed by atoms with E-state index in [0.29, 0.717) is 37.0 Å². The Morgan fingerprint density at radius 3 is 2.14 bits per heavy atom. The highest BCUT2D eigenvalue weighted by atomic mass is 35.5. The lowest BCUT2D eigenvalue weighted by molar-refractivity contribution is -0.384.